The molecule has 1 N–H and O–H groups in total. The van der Waals surface area contributed by atoms with Crippen molar-refractivity contribution >= 4 is 0 Å². The van der Waals surface area contributed by atoms with Crippen molar-refractivity contribution in [3.8, 4) is 0 Å². The summed E-state index contributed by atoms with van der Waals surface area (Å²) in [5.74, 6) is 0.773. The molecule has 0 saturated heterocycles. The lowest BCUT2D eigenvalue weighted by atomic mass is 9.74. The molecule has 0 heterocycles. The highest BCUT2D eigenvalue weighted by molar-refractivity contribution is 5.39. The highest BCUT2D eigenvalue weighted by atomic mass is 14.9. The fourth-order valence-electron chi connectivity index (χ4n) is 3.49. The number of aryl methyl sites for hydroxylation is 1. The van der Waals surface area contributed by atoms with Crippen molar-refractivity contribution in [1.82, 2.24) is 5.32 Å². The van der Waals surface area contributed by atoms with Gasteiger partial charge >= 0.3 is 0 Å². The molecule has 0 radical (unpaired) electrons. The number of rotatable bonds is 7. The van der Waals surface area contributed by atoms with Crippen molar-refractivity contribution in [2.24, 2.45) is 0 Å². The molecule has 1 heteroatoms. The van der Waals surface area contributed by atoms with E-state index in [4.69, 9.17) is 0 Å². The van der Waals surface area contributed by atoms with Crippen LogP contribution in [0.4, 0.5) is 0 Å². The summed E-state index contributed by atoms with van der Waals surface area (Å²) in [5, 5.41) is 3.52. The normalized spacial score (nSPS) is 17.9. The van der Waals surface area contributed by atoms with Crippen molar-refractivity contribution in [1.29, 1.82) is 0 Å². The van der Waals surface area contributed by atoms with Crippen molar-refractivity contribution in [3.05, 3.63) is 71.3 Å². The van der Waals surface area contributed by atoms with Crippen molar-refractivity contribution in [3.63, 3.8) is 0 Å². The Hall–Kier alpha value is -1.60. The van der Waals surface area contributed by atoms with Gasteiger partial charge < -0.3 is 5.32 Å². The molecular weight excluding hydrogens is 254 g/mol. The Morgan fingerprint density at radius 2 is 1.81 bits per heavy atom. The third-order valence-corrected chi connectivity index (χ3v) is 4.80. The van der Waals surface area contributed by atoms with Gasteiger partial charge in [-0.05, 0) is 61.8 Å². The maximum absolute atomic E-state index is 3.52. The van der Waals surface area contributed by atoms with Crippen LogP contribution in [0.3, 0.4) is 0 Å². The van der Waals surface area contributed by atoms with Gasteiger partial charge in [-0.1, -0.05) is 54.6 Å². The number of hydrogen-bond donors (Lipinski definition) is 1. The Morgan fingerprint density at radius 1 is 1.05 bits per heavy atom. The van der Waals surface area contributed by atoms with E-state index in [-0.39, 0.29) is 0 Å². The molecule has 0 aliphatic heterocycles. The smallest absolute Gasteiger partial charge is 0.00701 e. The van der Waals surface area contributed by atoms with Gasteiger partial charge in [-0.25, -0.2) is 0 Å². The summed E-state index contributed by atoms with van der Waals surface area (Å²) in [4.78, 5) is 0. The maximum atomic E-state index is 3.52. The summed E-state index contributed by atoms with van der Waals surface area (Å²) in [6.07, 6.45) is 6.28. The molecule has 2 aromatic carbocycles. The van der Waals surface area contributed by atoms with Crippen LogP contribution < -0.4 is 5.32 Å². The summed E-state index contributed by atoms with van der Waals surface area (Å²) in [7, 11) is 2.11. The Bertz CT molecular complexity index is 561. The standard InChI is InChI=1S/C20H25N/c1-21-19(12-7-10-16-8-3-2-4-9-16)15-18-14-17-11-5-6-13-20(17)18/h2-6,8-9,11,13,18-19,21H,7,10,12,14-15H2,1H3. The molecule has 2 aromatic rings. The van der Waals surface area contributed by atoms with E-state index in [9.17, 15) is 0 Å². The van der Waals surface area contributed by atoms with Crippen molar-refractivity contribution in [2.75, 3.05) is 7.05 Å². The van der Waals surface area contributed by atoms with Crippen LogP contribution >= 0.6 is 0 Å². The lowest BCUT2D eigenvalue weighted by Crippen LogP contribution is -2.31. The average molecular weight is 279 g/mol. The number of benzene rings is 2. The minimum Gasteiger partial charge on any atom is -0.317 e. The molecule has 21 heavy (non-hydrogen) atoms. The van der Waals surface area contributed by atoms with Gasteiger partial charge in [0.2, 0.25) is 0 Å². The molecule has 0 bridgehead atoms. The largest absolute Gasteiger partial charge is 0.317 e. The van der Waals surface area contributed by atoms with E-state index in [0.717, 1.165) is 5.92 Å². The first-order chi connectivity index (χ1) is 10.4. The molecule has 0 spiro atoms. The third kappa shape index (κ3) is 3.54. The summed E-state index contributed by atoms with van der Waals surface area (Å²) < 4.78 is 0. The van der Waals surface area contributed by atoms with Gasteiger partial charge in [0, 0.05) is 6.04 Å². The second-order valence-corrected chi connectivity index (χ2v) is 6.20. The quantitative estimate of drug-likeness (QED) is 0.795. The van der Waals surface area contributed by atoms with Gasteiger partial charge in [-0.2, -0.15) is 0 Å². The van der Waals surface area contributed by atoms with Gasteiger partial charge in [-0.15, -0.1) is 0 Å². The highest BCUT2D eigenvalue weighted by Gasteiger charge is 2.27. The van der Waals surface area contributed by atoms with Crippen LogP contribution in [0.1, 0.15) is 41.9 Å². The summed E-state index contributed by atoms with van der Waals surface area (Å²) in [6, 6.07) is 20.4. The Labute approximate surface area is 128 Å². The van der Waals surface area contributed by atoms with Crippen LogP contribution in [0, 0.1) is 0 Å². The molecule has 0 fully saturated rings. The number of nitrogens with one attached hydrogen (secondary N) is 1. The Balaban J connectivity index is 1.46. The molecule has 110 valence electrons. The fraction of sp³-hybridized carbons (Fsp3) is 0.400. The van der Waals surface area contributed by atoms with Crippen LogP contribution in [0.5, 0.6) is 0 Å². The molecule has 1 aliphatic rings. The predicted molar refractivity (Wildman–Crippen MR) is 89.7 cm³/mol. The highest BCUT2D eigenvalue weighted by Crippen LogP contribution is 2.38. The van der Waals surface area contributed by atoms with E-state index in [1.54, 1.807) is 11.1 Å². The van der Waals surface area contributed by atoms with E-state index in [0.29, 0.717) is 6.04 Å². The monoisotopic (exact) mass is 279 g/mol. The van der Waals surface area contributed by atoms with Crippen LogP contribution in [0.2, 0.25) is 0 Å². The first kappa shape index (κ1) is 14.3. The predicted octanol–water partition coefficient (Wildman–Crippen LogP) is 4.33. The average Bonchev–Trinajstić information content (AvgIpc) is 2.52. The molecular formula is C20H25N. The Morgan fingerprint density at radius 3 is 2.57 bits per heavy atom. The number of fused-ring (bicyclic) bond motifs is 1. The van der Waals surface area contributed by atoms with E-state index in [2.05, 4.69) is 67.0 Å². The van der Waals surface area contributed by atoms with E-state index >= 15 is 0 Å². The van der Waals surface area contributed by atoms with Crippen molar-refractivity contribution in [2.45, 2.75) is 44.1 Å². The zero-order valence-electron chi connectivity index (χ0n) is 12.9. The Kier molecular flexibility index (Phi) is 4.72. The second-order valence-electron chi connectivity index (χ2n) is 6.20. The van der Waals surface area contributed by atoms with Crippen LogP contribution in [-0.2, 0) is 12.8 Å². The summed E-state index contributed by atoms with van der Waals surface area (Å²) >= 11 is 0. The van der Waals surface area contributed by atoms with Crippen LogP contribution in [-0.4, -0.2) is 13.1 Å². The van der Waals surface area contributed by atoms with Crippen LogP contribution in [0.15, 0.2) is 54.6 Å². The number of hydrogen-bond acceptors (Lipinski definition) is 1. The molecule has 1 nitrogen and oxygen atoms in total. The molecule has 2 atom stereocenters. The van der Waals surface area contributed by atoms with Gasteiger partial charge in [0.05, 0.1) is 0 Å². The van der Waals surface area contributed by atoms with Gasteiger partial charge in [-0.3, -0.25) is 0 Å². The first-order valence-electron chi connectivity index (χ1n) is 8.16. The molecule has 1 aliphatic carbocycles. The molecule has 0 saturated carbocycles. The summed E-state index contributed by atoms with van der Waals surface area (Å²) in [5.41, 5.74) is 4.60. The lowest BCUT2D eigenvalue weighted by Gasteiger charge is -2.33. The topological polar surface area (TPSA) is 12.0 Å². The molecule has 2 unspecified atom stereocenters. The maximum Gasteiger partial charge on any atom is 0.00701 e. The SMILES string of the molecule is CNC(CCCc1ccccc1)CC1Cc2ccccc21. The van der Waals surface area contributed by atoms with Gasteiger partial charge in [0.15, 0.2) is 0 Å². The zero-order chi connectivity index (χ0) is 14.5. The second kappa shape index (κ2) is 6.91. The third-order valence-electron chi connectivity index (χ3n) is 4.80. The van der Waals surface area contributed by atoms with Gasteiger partial charge in [0.25, 0.3) is 0 Å². The van der Waals surface area contributed by atoms with Crippen LogP contribution in [0.25, 0.3) is 0 Å². The lowest BCUT2D eigenvalue weighted by molar-refractivity contribution is 0.412. The molecule has 3 rings (SSSR count). The molecule has 0 aromatic heterocycles. The minimum absolute atomic E-state index is 0.645. The molecule has 0 amide bonds. The van der Waals surface area contributed by atoms with Crippen molar-refractivity contribution < 1.29 is 0 Å². The fourth-order valence-corrected chi connectivity index (χ4v) is 3.49. The summed E-state index contributed by atoms with van der Waals surface area (Å²) in [6.45, 7) is 0. The van der Waals surface area contributed by atoms with E-state index in [1.165, 1.54) is 37.7 Å². The minimum atomic E-state index is 0.645. The van der Waals surface area contributed by atoms with E-state index in [1.807, 2.05) is 0 Å². The van der Waals surface area contributed by atoms with Gasteiger partial charge in [0.1, 0.15) is 0 Å². The van der Waals surface area contributed by atoms with E-state index < -0.39 is 0 Å². The zero-order valence-corrected chi connectivity index (χ0v) is 12.9. The first-order valence-corrected chi connectivity index (χ1v) is 8.16.